The van der Waals surface area contributed by atoms with E-state index in [4.69, 9.17) is 20.5 Å². The van der Waals surface area contributed by atoms with Gasteiger partial charge in [0.25, 0.3) is 10.1 Å². The Kier molecular flexibility index (Phi) is 7.78. The maximum Gasteiger partial charge on any atom is 0.416 e. The third kappa shape index (κ3) is 7.00. The molecule has 33 heavy (non-hydrogen) atoms. The molecular formula is C21H18ClF3N2O4S2. The van der Waals surface area contributed by atoms with Crippen molar-refractivity contribution in [3.8, 4) is 16.3 Å². The molecule has 0 atom stereocenters. The molecule has 0 bridgehead atoms. The lowest BCUT2D eigenvalue weighted by atomic mass is 10.1. The van der Waals surface area contributed by atoms with Crippen LogP contribution in [0.25, 0.3) is 10.6 Å². The molecule has 0 amide bonds. The van der Waals surface area contributed by atoms with E-state index in [-0.39, 0.29) is 13.2 Å². The average molecular weight is 519 g/mol. The topological polar surface area (TPSA) is 77.9 Å². The molecule has 0 N–H and O–H groups in total. The maximum absolute atomic E-state index is 12.8. The van der Waals surface area contributed by atoms with Gasteiger partial charge in [0.15, 0.2) is 0 Å². The molecule has 3 aromatic rings. The number of ether oxygens (including phenoxy) is 1. The first kappa shape index (κ1) is 25.2. The number of alkyl halides is 3. The molecule has 0 spiro atoms. The highest BCUT2D eigenvalue weighted by Gasteiger charge is 2.30. The lowest BCUT2D eigenvalue weighted by molar-refractivity contribution is -0.137. The molecular weight excluding hydrogens is 501 g/mol. The second-order valence-electron chi connectivity index (χ2n) is 6.79. The van der Waals surface area contributed by atoms with Gasteiger partial charge in [0.2, 0.25) is 0 Å². The monoisotopic (exact) mass is 518 g/mol. The highest BCUT2D eigenvalue weighted by molar-refractivity contribution is 7.85. The highest BCUT2D eigenvalue weighted by Crippen LogP contribution is 2.34. The fourth-order valence-corrected chi connectivity index (χ4v) is 4.22. The number of hydrogen-bond acceptors (Lipinski definition) is 7. The van der Waals surface area contributed by atoms with Gasteiger partial charge in [-0.25, -0.2) is 4.98 Å². The number of halogens is 4. The van der Waals surface area contributed by atoms with E-state index < -0.39 is 21.9 Å². The van der Waals surface area contributed by atoms with Crippen LogP contribution in [0.2, 0.25) is 5.02 Å². The molecule has 0 aliphatic rings. The van der Waals surface area contributed by atoms with Crippen molar-refractivity contribution in [3.05, 3.63) is 69.2 Å². The second-order valence-corrected chi connectivity index (χ2v) is 9.92. The van der Waals surface area contributed by atoms with Gasteiger partial charge < -0.3 is 4.74 Å². The van der Waals surface area contributed by atoms with Gasteiger partial charge in [0.05, 0.1) is 27.4 Å². The van der Waals surface area contributed by atoms with E-state index in [2.05, 4.69) is 9.98 Å². The molecule has 176 valence electrons. The van der Waals surface area contributed by atoms with Crippen molar-refractivity contribution < 1.29 is 30.5 Å². The fraction of sp³-hybridized carbons (Fsp3) is 0.238. The summed E-state index contributed by atoms with van der Waals surface area (Å²) in [6.45, 7) is -0.306. The number of aliphatic imine (C=N–C) groups is 1. The molecule has 0 saturated heterocycles. The zero-order chi connectivity index (χ0) is 24.2. The van der Waals surface area contributed by atoms with Crippen molar-refractivity contribution in [2.75, 3.05) is 13.3 Å². The Morgan fingerprint density at radius 3 is 2.42 bits per heavy atom. The Hall–Kier alpha value is -2.47. The predicted molar refractivity (Wildman–Crippen MR) is 121 cm³/mol. The third-order valence-corrected chi connectivity index (χ3v) is 6.25. The van der Waals surface area contributed by atoms with Crippen molar-refractivity contribution >= 4 is 39.3 Å². The first-order chi connectivity index (χ1) is 15.5. The smallest absolute Gasteiger partial charge is 0.416 e. The molecule has 1 heterocycles. The third-order valence-electron chi connectivity index (χ3n) is 4.26. The standard InChI is InChI=1S/C21H18ClF3N2O4S2/c1-26-10-14-5-8-16(9-17(14)22)30-12-19-18(11-31-33(2,28)29)27-20(32-19)13-3-6-15(7-4-13)21(23,24)25/h3-10H,11-12H2,1-2H3. The minimum atomic E-state index is -4.45. The molecule has 0 aliphatic carbocycles. The van der Waals surface area contributed by atoms with Crippen LogP contribution in [0.1, 0.15) is 21.7 Å². The Labute approximate surface area is 197 Å². The van der Waals surface area contributed by atoms with Gasteiger partial charge in [-0.2, -0.15) is 21.6 Å². The highest BCUT2D eigenvalue weighted by atomic mass is 35.5. The summed E-state index contributed by atoms with van der Waals surface area (Å²) in [4.78, 5) is 8.84. The Balaban J connectivity index is 1.86. The molecule has 0 radical (unpaired) electrons. The van der Waals surface area contributed by atoms with E-state index in [0.717, 1.165) is 35.3 Å². The molecule has 0 saturated carbocycles. The summed E-state index contributed by atoms with van der Waals surface area (Å²) in [6, 6.07) is 9.59. The van der Waals surface area contributed by atoms with Crippen LogP contribution in [-0.4, -0.2) is 32.9 Å². The van der Waals surface area contributed by atoms with E-state index in [1.807, 2.05) is 0 Å². The van der Waals surface area contributed by atoms with Gasteiger partial charge in [-0.15, -0.1) is 11.3 Å². The number of thiazole rings is 1. The van der Waals surface area contributed by atoms with Crippen LogP contribution >= 0.6 is 22.9 Å². The molecule has 12 heteroatoms. The number of benzene rings is 2. The van der Waals surface area contributed by atoms with Crippen LogP contribution in [0.4, 0.5) is 13.2 Å². The van der Waals surface area contributed by atoms with Crippen molar-refractivity contribution in [2.24, 2.45) is 4.99 Å². The Morgan fingerprint density at radius 2 is 1.85 bits per heavy atom. The van der Waals surface area contributed by atoms with E-state index in [1.54, 1.807) is 31.5 Å². The molecule has 0 fully saturated rings. The van der Waals surface area contributed by atoms with E-state index in [0.29, 0.717) is 31.9 Å². The SMILES string of the molecule is CN=Cc1ccc(OCc2sc(-c3ccc(C(F)(F)F)cc3)nc2COS(C)(=O)=O)cc1Cl. The first-order valence-electron chi connectivity index (χ1n) is 9.31. The van der Waals surface area contributed by atoms with Crippen molar-refractivity contribution in [3.63, 3.8) is 0 Å². The molecule has 2 aromatic carbocycles. The molecule has 0 aliphatic heterocycles. The van der Waals surface area contributed by atoms with Crippen LogP contribution in [0.5, 0.6) is 5.75 Å². The maximum atomic E-state index is 12.8. The van der Waals surface area contributed by atoms with E-state index in [1.165, 1.54) is 12.1 Å². The van der Waals surface area contributed by atoms with Crippen LogP contribution < -0.4 is 4.74 Å². The van der Waals surface area contributed by atoms with Gasteiger partial charge in [0.1, 0.15) is 24.0 Å². The first-order valence-corrected chi connectivity index (χ1v) is 12.3. The Bertz CT molecular complexity index is 1260. The number of aromatic nitrogens is 1. The lowest BCUT2D eigenvalue weighted by Crippen LogP contribution is -2.05. The second kappa shape index (κ2) is 10.2. The largest absolute Gasteiger partial charge is 0.488 e. The quantitative estimate of drug-likeness (QED) is 0.287. The van der Waals surface area contributed by atoms with Crippen molar-refractivity contribution in [2.45, 2.75) is 19.4 Å². The van der Waals surface area contributed by atoms with Gasteiger partial charge in [-0.3, -0.25) is 9.18 Å². The van der Waals surface area contributed by atoms with Crippen molar-refractivity contribution in [1.29, 1.82) is 0 Å². The number of nitrogens with zero attached hydrogens (tertiary/aromatic N) is 2. The van der Waals surface area contributed by atoms with Crippen LogP contribution in [0, 0.1) is 0 Å². The van der Waals surface area contributed by atoms with E-state index in [9.17, 15) is 21.6 Å². The van der Waals surface area contributed by atoms with Crippen LogP contribution in [-0.2, 0) is 33.7 Å². The minimum Gasteiger partial charge on any atom is -0.488 e. The summed E-state index contributed by atoms with van der Waals surface area (Å²) in [7, 11) is -2.11. The molecule has 0 unspecified atom stereocenters. The lowest BCUT2D eigenvalue weighted by Gasteiger charge is -2.08. The summed E-state index contributed by atoms with van der Waals surface area (Å²) < 4.78 is 72.0. The Morgan fingerprint density at radius 1 is 1.15 bits per heavy atom. The van der Waals surface area contributed by atoms with Crippen LogP contribution in [0.3, 0.4) is 0 Å². The molecule has 6 nitrogen and oxygen atoms in total. The van der Waals surface area contributed by atoms with E-state index >= 15 is 0 Å². The van der Waals surface area contributed by atoms with Gasteiger partial charge in [-0.05, 0) is 30.3 Å². The predicted octanol–water partition coefficient (Wildman–Crippen LogP) is 5.59. The summed E-state index contributed by atoms with van der Waals surface area (Å²) in [5.74, 6) is 0.465. The molecule has 3 rings (SSSR count). The van der Waals surface area contributed by atoms with Crippen LogP contribution in [0.15, 0.2) is 47.5 Å². The van der Waals surface area contributed by atoms with Gasteiger partial charge in [0, 0.05) is 24.4 Å². The summed E-state index contributed by atoms with van der Waals surface area (Å²) in [5.41, 5.74) is 0.698. The number of hydrogen-bond donors (Lipinski definition) is 0. The minimum absolute atomic E-state index is 0.0261. The summed E-state index contributed by atoms with van der Waals surface area (Å²) in [6.07, 6.45) is -1.93. The van der Waals surface area contributed by atoms with Gasteiger partial charge in [-0.1, -0.05) is 23.7 Å². The number of rotatable bonds is 8. The van der Waals surface area contributed by atoms with Gasteiger partial charge >= 0.3 is 6.18 Å². The van der Waals surface area contributed by atoms with Crippen molar-refractivity contribution in [1.82, 2.24) is 4.98 Å². The normalized spacial score (nSPS) is 12.4. The fourth-order valence-electron chi connectivity index (χ4n) is 2.69. The summed E-state index contributed by atoms with van der Waals surface area (Å²) >= 11 is 7.37. The molecule has 1 aromatic heterocycles. The summed E-state index contributed by atoms with van der Waals surface area (Å²) in [5, 5.41) is 0.843. The zero-order valence-corrected chi connectivity index (χ0v) is 19.8. The average Bonchev–Trinajstić information content (AvgIpc) is 3.15. The zero-order valence-electron chi connectivity index (χ0n) is 17.4.